The Morgan fingerprint density at radius 1 is 0.714 bits per heavy atom. The molecule has 0 fully saturated rings. The van der Waals surface area contributed by atoms with Crippen LogP contribution in [0.1, 0.15) is 38.8 Å². The van der Waals surface area contributed by atoms with Crippen molar-refractivity contribution in [3.05, 3.63) is 35.4 Å². The standard InChI is InChI=1S/C12H16I2/c1-11(2,13)9-5-7-10(8-6-9)12(3,4)14/h5-8H,1-4H3. The summed E-state index contributed by atoms with van der Waals surface area (Å²) in [4.78, 5) is 0. The van der Waals surface area contributed by atoms with Crippen molar-refractivity contribution in [3.8, 4) is 0 Å². The lowest BCUT2D eigenvalue weighted by Gasteiger charge is -2.20. The van der Waals surface area contributed by atoms with E-state index in [1.54, 1.807) is 0 Å². The fourth-order valence-electron chi connectivity index (χ4n) is 1.26. The molecule has 0 unspecified atom stereocenters. The normalized spacial score (nSPS) is 13.0. The van der Waals surface area contributed by atoms with Gasteiger partial charge in [0.2, 0.25) is 0 Å². The molecule has 0 saturated heterocycles. The molecular weight excluding hydrogens is 398 g/mol. The molecule has 0 N–H and O–H groups in total. The van der Waals surface area contributed by atoms with Crippen molar-refractivity contribution < 1.29 is 0 Å². The number of alkyl halides is 2. The molecule has 0 aromatic heterocycles. The molecule has 0 atom stereocenters. The summed E-state index contributed by atoms with van der Waals surface area (Å²) in [5.41, 5.74) is 2.78. The average Bonchev–Trinajstić information content (AvgIpc) is 2.01. The quantitative estimate of drug-likeness (QED) is 0.471. The van der Waals surface area contributed by atoms with Crippen LogP contribution in [-0.2, 0) is 6.84 Å². The highest BCUT2D eigenvalue weighted by Gasteiger charge is 2.18. The first kappa shape index (κ1) is 12.7. The molecule has 0 saturated carbocycles. The van der Waals surface area contributed by atoms with E-state index in [4.69, 9.17) is 0 Å². The number of benzene rings is 1. The molecule has 0 amide bonds. The van der Waals surface area contributed by atoms with Crippen LogP contribution in [0.25, 0.3) is 0 Å². The van der Waals surface area contributed by atoms with Crippen LogP contribution in [0.3, 0.4) is 0 Å². The van der Waals surface area contributed by atoms with Crippen LogP contribution in [0.4, 0.5) is 0 Å². The summed E-state index contributed by atoms with van der Waals surface area (Å²) in [5, 5.41) is 0. The van der Waals surface area contributed by atoms with Gasteiger partial charge in [-0.1, -0.05) is 69.4 Å². The average molecular weight is 414 g/mol. The molecule has 0 heterocycles. The second kappa shape index (κ2) is 4.28. The third-order valence-corrected chi connectivity index (χ3v) is 3.50. The highest BCUT2D eigenvalue weighted by molar-refractivity contribution is 14.1. The molecule has 0 spiro atoms. The third kappa shape index (κ3) is 3.36. The molecule has 1 rings (SSSR count). The predicted molar refractivity (Wildman–Crippen MR) is 80.5 cm³/mol. The zero-order valence-electron chi connectivity index (χ0n) is 9.07. The van der Waals surface area contributed by atoms with Gasteiger partial charge >= 0.3 is 0 Å². The molecule has 0 bridgehead atoms. The van der Waals surface area contributed by atoms with Gasteiger partial charge in [0.15, 0.2) is 0 Å². The van der Waals surface area contributed by atoms with Crippen LogP contribution in [0.15, 0.2) is 24.3 Å². The van der Waals surface area contributed by atoms with Gasteiger partial charge in [-0.3, -0.25) is 0 Å². The minimum absolute atomic E-state index is 0.228. The Kier molecular flexibility index (Phi) is 3.89. The minimum atomic E-state index is 0.228. The lowest BCUT2D eigenvalue weighted by atomic mass is 9.97. The fraction of sp³-hybridized carbons (Fsp3) is 0.500. The van der Waals surface area contributed by atoms with Gasteiger partial charge in [0, 0.05) is 6.84 Å². The Bertz CT molecular complexity index is 266. The van der Waals surface area contributed by atoms with Gasteiger partial charge < -0.3 is 0 Å². The van der Waals surface area contributed by atoms with E-state index in [0.29, 0.717) is 0 Å². The van der Waals surface area contributed by atoms with Crippen LogP contribution >= 0.6 is 45.2 Å². The van der Waals surface area contributed by atoms with Gasteiger partial charge in [-0.25, -0.2) is 0 Å². The largest absolute Gasteiger partial charge is 0.0743 e. The first-order valence-electron chi connectivity index (χ1n) is 4.70. The number of halogens is 2. The van der Waals surface area contributed by atoms with Crippen LogP contribution in [0.2, 0.25) is 0 Å². The first-order chi connectivity index (χ1) is 6.21. The van der Waals surface area contributed by atoms with E-state index in [1.165, 1.54) is 11.1 Å². The monoisotopic (exact) mass is 414 g/mol. The van der Waals surface area contributed by atoms with Crippen molar-refractivity contribution in [2.75, 3.05) is 0 Å². The number of hydrogen-bond acceptors (Lipinski definition) is 0. The van der Waals surface area contributed by atoms with Crippen LogP contribution in [0.5, 0.6) is 0 Å². The summed E-state index contributed by atoms with van der Waals surface area (Å²) in [5.74, 6) is 0. The summed E-state index contributed by atoms with van der Waals surface area (Å²) in [7, 11) is 0. The summed E-state index contributed by atoms with van der Waals surface area (Å²) in [6.07, 6.45) is 0. The van der Waals surface area contributed by atoms with E-state index in [1.807, 2.05) is 0 Å². The lowest BCUT2D eigenvalue weighted by Crippen LogP contribution is -2.09. The van der Waals surface area contributed by atoms with E-state index in [-0.39, 0.29) is 6.84 Å². The molecule has 14 heavy (non-hydrogen) atoms. The van der Waals surface area contributed by atoms with Crippen LogP contribution in [-0.4, -0.2) is 0 Å². The maximum atomic E-state index is 2.47. The van der Waals surface area contributed by atoms with Gasteiger partial charge in [0.1, 0.15) is 0 Å². The summed E-state index contributed by atoms with van der Waals surface area (Å²) >= 11 is 4.95. The smallest absolute Gasteiger partial charge is 0.0414 e. The summed E-state index contributed by atoms with van der Waals surface area (Å²) < 4.78 is 0.456. The van der Waals surface area contributed by atoms with Gasteiger partial charge in [0.25, 0.3) is 0 Å². The van der Waals surface area contributed by atoms with Crippen molar-refractivity contribution in [1.82, 2.24) is 0 Å². The van der Waals surface area contributed by atoms with Gasteiger partial charge in [-0.05, 0) is 38.8 Å². The Hall–Kier alpha value is 0.680. The molecule has 1 aromatic carbocycles. The van der Waals surface area contributed by atoms with E-state index in [9.17, 15) is 0 Å². The van der Waals surface area contributed by atoms with Gasteiger partial charge in [-0.15, -0.1) is 0 Å². The second-order valence-electron chi connectivity index (χ2n) is 4.52. The molecule has 0 aliphatic heterocycles. The van der Waals surface area contributed by atoms with Crippen LogP contribution < -0.4 is 0 Å². The van der Waals surface area contributed by atoms with E-state index < -0.39 is 0 Å². The summed E-state index contributed by atoms with van der Waals surface area (Å²) in [6.45, 7) is 8.94. The van der Waals surface area contributed by atoms with Crippen molar-refractivity contribution in [2.45, 2.75) is 34.5 Å². The highest BCUT2D eigenvalue weighted by Crippen LogP contribution is 2.34. The van der Waals surface area contributed by atoms with E-state index >= 15 is 0 Å². The van der Waals surface area contributed by atoms with Crippen LogP contribution in [0, 0.1) is 0 Å². The van der Waals surface area contributed by atoms with Gasteiger partial charge in [-0.2, -0.15) is 0 Å². The lowest BCUT2D eigenvalue weighted by molar-refractivity contribution is 0.806. The zero-order valence-corrected chi connectivity index (χ0v) is 13.4. The molecule has 0 nitrogen and oxygen atoms in total. The second-order valence-corrected chi connectivity index (χ2v) is 9.92. The Morgan fingerprint density at radius 2 is 0.929 bits per heavy atom. The number of hydrogen-bond donors (Lipinski definition) is 0. The zero-order chi connectivity index (χ0) is 11.0. The molecule has 78 valence electrons. The topological polar surface area (TPSA) is 0 Å². The third-order valence-electron chi connectivity index (χ3n) is 2.26. The SMILES string of the molecule is CC(C)(I)c1ccc(C(C)(C)I)cc1. The van der Waals surface area contributed by atoms with Gasteiger partial charge in [0.05, 0.1) is 0 Å². The summed E-state index contributed by atoms with van der Waals surface area (Å²) in [6, 6.07) is 8.95. The maximum Gasteiger partial charge on any atom is 0.0414 e. The molecular formula is C12H16I2. The predicted octanol–water partition coefficient (Wildman–Crippen LogP) is 5.03. The van der Waals surface area contributed by atoms with Crippen molar-refractivity contribution in [3.63, 3.8) is 0 Å². The molecule has 2 heteroatoms. The molecule has 0 aliphatic carbocycles. The van der Waals surface area contributed by atoms with E-state index in [0.717, 1.165) is 0 Å². The maximum absolute atomic E-state index is 2.47. The van der Waals surface area contributed by atoms with Crippen molar-refractivity contribution in [1.29, 1.82) is 0 Å². The molecule has 1 aromatic rings. The Balaban J connectivity index is 3.02. The van der Waals surface area contributed by atoms with Crippen molar-refractivity contribution in [2.24, 2.45) is 0 Å². The molecule has 0 radical (unpaired) electrons. The Morgan fingerprint density at radius 3 is 1.07 bits per heavy atom. The fourth-order valence-corrected chi connectivity index (χ4v) is 1.98. The van der Waals surface area contributed by atoms with Crippen molar-refractivity contribution >= 4 is 45.2 Å². The first-order valence-corrected chi connectivity index (χ1v) is 6.86. The highest BCUT2D eigenvalue weighted by atomic mass is 127. The molecule has 0 aliphatic rings. The van der Waals surface area contributed by atoms with E-state index in [2.05, 4.69) is 97.1 Å². The Labute approximate surface area is 114 Å². The number of rotatable bonds is 2. The minimum Gasteiger partial charge on any atom is -0.0743 e.